The zero-order chi connectivity index (χ0) is 20.9. The van der Waals surface area contributed by atoms with Crippen LogP contribution in [-0.2, 0) is 9.47 Å². The van der Waals surface area contributed by atoms with Gasteiger partial charge in [0.2, 0.25) is 0 Å². The molecule has 1 saturated heterocycles. The summed E-state index contributed by atoms with van der Waals surface area (Å²) in [6.45, 7) is 6.70. The summed E-state index contributed by atoms with van der Waals surface area (Å²) >= 11 is 0. The molecule has 0 atom stereocenters. The highest BCUT2D eigenvalue weighted by atomic mass is 16.5. The molecule has 0 unspecified atom stereocenters. The van der Waals surface area contributed by atoms with E-state index < -0.39 is 0 Å². The van der Waals surface area contributed by atoms with E-state index in [0.717, 1.165) is 81.8 Å². The molecule has 30 heavy (non-hydrogen) atoms. The van der Waals surface area contributed by atoms with Crippen LogP contribution in [0, 0.1) is 6.92 Å². The first-order valence-corrected chi connectivity index (χ1v) is 11.6. The molecule has 0 radical (unpaired) electrons. The number of aromatic nitrogens is 2. The number of ether oxygens (including phenoxy) is 2. The van der Waals surface area contributed by atoms with E-state index >= 15 is 0 Å². The number of carbonyl (C=O) groups is 1. The lowest BCUT2D eigenvalue weighted by Gasteiger charge is -2.29. The van der Waals surface area contributed by atoms with Gasteiger partial charge in [-0.1, -0.05) is 13.3 Å². The van der Waals surface area contributed by atoms with Gasteiger partial charge in [-0.2, -0.15) is 0 Å². The minimum absolute atomic E-state index is 0.0103. The van der Waals surface area contributed by atoms with E-state index in [1.807, 2.05) is 16.7 Å². The largest absolute Gasteiger partial charge is 0.381 e. The van der Waals surface area contributed by atoms with Crippen molar-refractivity contribution in [3.8, 4) is 0 Å². The Hall–Kier alpha value is -1.92. The SMILES string of the molecule is CCCCOC1CCC(NC(=O)c2ccn3c(C)cc(C4CCOCC4)nc23)CC1. The lowest BCUT2D eigenvalue weighted by atomic mass is 9.92. The molecule has 2 aromatic heterocycles. The highest BCUT2D eigenvalue weighted by Crippen LogP contribution is 2.28. The number of amides is 1. The first kappa shape index (κ1) is 21.3. The predicted octanol–water partition coefficient (Wildman–Crippen LogP) is 4.39. The van der Waals surface area contributed by atoms with E-state index in [9.17, 15) is 4.79 Å². The van der Waals surface area contributed by atoms with Crippen LogP contribution >= 0.6 is 0 Å². The number of carbonyl (C=O) groups excluding carboxylic acids is 1. The Labute approximate surface area is 179 Å². The molecule has 6 nitrogen and oxygen atoms in total. The fourth-order valence-electron chi connectivity index (χ4n) is 4.67. The highest BCUT2D eigenvalue weighted by molar-refractivity contribution is 6.00. The van der Waals surface area contributed by atoms with Gasteiger partial charge in [0.15, 0.2) is 0 Å². The van der Waals surface area contributed by atoms with Crippen LogP contribution < -0.4 is 5.32 Å². The molecule has 1 amide bonds. The second-order valence-electron chi connectivity index (χ2n) is 8.80. The third kappa shape index (κ3) is 4.86. The quantitative estimate of drug-likeness (QED) is 0.684. The van der Waals surface area contributed by atoms with Crippen molar-refractivity contribution in [2.75, 3.05) is 19.8 Å². The zero-order valence-corrected chi connectivity index (χ0v) is 18.4. The Morgan fingerprint density at radius 3 is 2.73 bits per heavy atom. The van der Waals surface area contributed by atoms with Crippen LogP contribution in [0.3, 0.4) is 0 Å². The summed E-state index contributed by atoms with van der Waals surface area (Å²) in [5, 5.41) is 3.25. The summed E-state index contributed by atoms with van der Waals surface area (Å²) in [5.41, 5.74) is 3.64. The average Bonchev–Trinajstić information content (AvgIpc) is 3.21. The highest BCUT2D eigenvalue weighted by Gasteiger charge is 2.25. The number of nitrogens with zero attached hydrogens (tertiary/aromatic N) is 2. The predicted molar refractivity (Wildman–Crippen MR) is 117 cm³/mol. The molecule has 2 aromatic rings. The number of unbranched alkanes of at least 4 members (excludes halogenated alkanes) is 1. The maximum atomic E-state index is 13.1. The maximum Gasteiger partial charge on any atom is 0.255 e. The van der Waals surface area contributed by atoms with Crippen LogP contribution in [-0.4, -0.2) is 47.3 Å². The van der Waals surface area contributed by atoms with Gasteiger partial charge in [0.05, 0.1) is 11.7 Å². The van der Waals surface area contributed by atoms with Crippen LogP contribution in [0.4, 0.5) is 0 Å². The zero-order valence-electron chi connectivity index (χ0n) is 18.4. The minimum Gasteiger partial charge on any atom is -0.381 e. The normalized spacial score (nSPS) is 23.0. The van der Waals surface area contributed by atoms with Gasteiger partial charge in [0, 0.05) is 49.4 Å². The van der Waals surface area contributed by atoms with Crippen LogP contribution in [0.5, 0.6) is 0 Å². The molecular formula is C24H35N3O3. The van der Waals surface area contributed by atoms with Crippen molar-refractivity contribution >= 4 is 11.6 Å². The lowest BCUT2D eigenvalue weighted by Crippen LogP contribution is -2.39. The number of nitrogens with one attached hydrogen (secondary N) is 1. The van der Waals surface area contributed by atoms with Crippen molar-refractivity contribution in [2.45, 2.75) is 83.3 Å². The number of aryl methyl sites for hydroxylation is 1. The maximum absolute atomic E-state index is 13.1. The number of hydrogen-bond acceptors (Lipinski definition) is 4. The molecule has 1 aliphatic heterocycles. The van der Waals surface area contributed by atoms with Gasteiger partial charge in [-0.05, 0) is 64.0 Å². The van der Waals surface area contributed by atoms with Crippen molar-refractivity contribution in [1.29, 1.82) is 0 Å². The van der Waals surface area contributed by atoms with Gasteiger partial charge in [-0.3, -0.25) is 4.79 Å². The average molecular weight is 414 g/mol. The van der Waals surface area contributed by atoms with Crippen LogP contribution in [0.15, 0.2) is 18.3 Å². The monoisotopic (exact) mass is 413 g/mol. The van der Waals surface area contributed by atoms with Crippen molar-refractivity contribution in [3.63, 3.8) is 0 Å². The number of hydrogen-bond donors (Lipinski definition) is 1. The van der Waals surface area contributed by atoms with E-state index in [1.54, 1.807) is 0 Å². The smallest absolute Gasteiger partial charge is 0.255 e. The Balaban J connectivity index is 1.41. The molecule has 164 valence electrons. The molecule has 2 fully saturated rings. The summed E-state index contributed by atoms with van der Waals surface area (Å²) in [6.07, 6.45) is 10.6. The fourth-order valence-corrected chi connectivity index (χ4v) is 4.67. The van der Waals surface area contributed by atoms with Crippen LogP contribution in [0.2, 0.25) is 0 Å². The van der Waals surface area contributed by atoms with Crippen LogP contribution in [0.25, 0.3) is 5.65 Å². The van der Waals surface area contributed by atoms with E-state index in [4.69, 9.17) is 14.5 Å². The van der Waals surface area contributed by atoms with Gasteiger partial charge >= 0.3 is 0 Å². The second-order valence-corrected chi connectivity index (χ2v) is 8.80. The van der Waals surface area contributed by atoms with Gasteiger partial charge in [-0.15, -0.1) is 0 Å². The van der Waals surface area contributed by atoms with Crippen molar-refractivity contribution in [2.24, 2.45) is 0 Å². The van der Waals surface area contributed by atoms with E-state index in [0.29, 0.717) is 17.6 Å². The Morgan fingerprint density at radius 1 is 1.23 bits per heavy atom. The topological polar surface area (TPSA) is 64.9 Å². The van der Waals surface area contributed by atoms with Gasteiger partial charge in [0.1, 0.15) is 5.65 Å². The molecular weight excluding hydrogens is 378 g/mol. The molecule has 1 saturated carbocycles. The Kier molecular flexibility index (Phi) is 7.05. The molecule has 4 rings (SSSR count). The van der Waals surface area contributed by atoms with Gasteiger partial charge in [-0.25, -0.2) is 4.98 Å². The number of rotatable bonds is 7. The van der Waals surface area contributed by atoms with Crippen LogP contribution in [0.1, 0.15) is 86.0 Å². The molecule has 0 bridgehead atoms. The van der Waals surface area contributed by atoms with E-state index in [-0.39, 0.29) is 11.9 Å². The lowest BCUT2D eigenvalue weighted by molar-refractivity contribution is 0.0209. The Morgan fingerprint density at radius 2 is 2.00 bits per heavy atom. The summed E-state index contributed by atoms with van der Waals surface area (Å²) in [5.74, 6) is 0.403. The third-order valence-corrected chi connectivity index (χ3v) is 6.58. The molecule has 0 spiro atoms. The molecule has 1 aliphatic carbocycles. The fraction of sp³-hybridized carbons (Fsp3) is 0.667. The van der Waals surface area contributed by atoms with Gasteiger partial charge in [0.25, 0.3) is 5.91 Å². The second kappa shape index (κ2) is 9.92. The molecule has 3 heterocycles. The van der Waals surface area contributed by atoms with Gasteiger partial charge < -0.3 is 19.2 Å². The third-order valence-electron chi connectivity index (χ3n) is 6.58. The van der Waals surface area contributed by atoms with Crippen molar-refractivity contribution in [1.82, 2.24) is 14.7 Å². The summed E-state index contributed by atoms with van der Waals surface area (Å²) < 4.78 is 13.5. The molecule has 2 aliphatic rings. The van der Waals surface area contributed by atoms with E-state index in [2.05, 4.69) is 25.2 Å². The molecule has 1 N–H and O–H groups in total. The first-order chi connectivity index (χ1) is 14.7. The standard InChI is InChI=1S/C24H35N3O3/c1-3-4-13-30-20-7-5-19(6-8-20)25-24(28)21-9-12-27-17(2)16-22(26-23(21)27)18-10-14-29-15-11-18/h9,12,16,18-20H,3-8,10-11,13-15H2,1-2H3,(H,25,28). The first-order valence-electron chi connectivity index (χ1n) is 11.6. The van der Waals surface area contributed by atoms with E-state index in [1.165, 1.54) is 6.42 Å². The summed E-state index contributed by atoms with van der Waals surface area (Å²) in [4.78, 5) is 18.0. The minimum atomic E-state index is -0.0103. The molecule has 0 aromatic carbocycles. The number of fused-ring (bicyclic) bond motifs is 1. The molecule has 6 heteroatoms. The van der Waals surface area contributed by atoms with Crippen molar-refractivity contribution < 1.29 is 14.3 Å². The Bertz CT molecular complexity index is 849. The summed E-state index contributed by atoms with van der Waals surface area (Å²) in [6, 6.07) is 4.28. The van der Waals surface area contributed by atoms with Crippen molar-refractivity contribution in [3.05, 3.63) is 35.3 Å². The summed E-state index contributed by atoms with van der Waals surface area (Å²) in [7, 11) is 0.